The number of pyridine rings is 1. The molecule has 0 aliphatic heterocycles. The molecule has 1 heterocycles. The van der Waals surface area contributed by atoms with Gasteiger partial charge in [-0.15, -0.1) is 11.8 Å². The highest BCUT2D eigenvalue weighted by atomic mass is 32.2. The first-order chi connectivity index (χ1) is 12.1. The highest BCUT2D eigenvalue weighted by molar-refractivity contribution is 7.98. The number of benzene rings is 2. The Kier molecular flexibility index (Phi) is 5.09. The van der Waals surface area contributed by atoms with Crippen molar-refractivity contribution in [3.05, 3.63) is 70.0 Å². The van der Waals surface area contributed by atoms with Crippen molar-refractivity contribution >= 4 is 34.4 Å². The second-order valence-corrected chi connectivity index (χ2v) is 6.41. The van der Waals surface area contributed by atoms with Gasteiger partial charge in [0.2, 0.25) is 0 Å². The summed E-state index contributed by atoms with van der Waals surface area (Å²) >= 11 is 1.63. The molecule has 2 N–H and O–H groups in total. The summed E-state index contributed by atoms with van der Waals surface area (Å²) in [5, 5.41) is 3.30. The van der Waals surface area contributed by atoms with E-state index in [1.807, 2.05) is 48.7 Å². The number of hydrogen-bond acceptors (Lipinski definition) is 4. The Balaban J connectivity index is 1.70. The predicted octanol–water partition coefficient (Wildman–Crippen LogP) is 4.31. The predicted molar refractivity (Wildman–Crippen MR) is 101 cm³/mol. The van der Waals surface area contributed by atoms with Crippen LogP contribution in [0, 0.1) is 6.92 Å². The third kappa shape index (κ3) is 3.85. The van der Waals surface area contributed by atoms with Gasteiger partial charge < -0.3 is 9.72 Å². The van der Waals surface area contributed by atoms with Crippen LogP contribution in [0.25, 0.3) is 10.9 Å². The van der Waals surface area contributed by atoms with Gasteiger partial charge >= 0.3 is 6.09 Å². The second-order valence-electron chi connectivity index (χ2n) is 5.53. The van der Waals surface area contributed by atoms with E-state index in [0.29, 0.717) is 22.3 Å². The first kappa shape index (κ1) is 17.1. The van der Waals surface area contributed by atoms with Crippen LogP contribution in [-0.2, 0) is 11.3 Å². The maximum Gasteiger partial charge on any atom is 0.412 e. The van der Waals surface area contributed by atoms with Crippen molar-refractivity contribution < 1.29 is 9.53 Å². The summed E-state index contributed by atoms with van der Waals surface area (Å²) in [6.07, 6.45) is 1.42. The van der Waals surface area contributed by atoms with Gasteiger partial charge in [-0.1, -0.05) is 12.1 Å². The zero-order valence-corrected chi connectivity index (χ0v) is 14.8. The Labute approximate surface area is 149 Å². The zero-order chi connectivity index (χ0) is 17.8. The van der Waals surface area contributed by atoms with E-state index in [4.69, 9.17) is 4.74 Å². The van der Waals surface area contributed by atoms with Crippen LogP contribution in [0.1, 0.15) is 11.3 Å². The van der Waals surface area contributed by atoms with Crippen LogP contribution < -0.4 is 10.7 Å². The number of para-hydroxylation sites is 1. The standard InChI is InChI=1S/C19H18N2O3S/c1-12-17(21-16-6-4-3-5-15(16)18(12)22)11-24-19(23)20-13-7-9-14(25-2)10-8-13/h3-10H,11H2,1-2H3,(H,20,23)(H,21,22). The maximum atomic E-state index is 12.4. The smallest absolute Gasteiger partial charge is 0.412 e. The molecule has 1 amide bonds. The molecular weight excluding hydrogens is 336 g/mol. The molecule has 6 heteroatoms. The summed E-state index contributed by atoms with van der Waals surface area (Å²) in [5.74, 6) is 0. The van der Waals surface area contributed by atoms with Crippen molar-refractivity contribution in [3.63, 3.8) is 0 Å². The molecule has 0 bridgehead atoms. The Morgan fingerprint density at radius 3 is 2.60 bits per heavy atom. The number of amides is 1. The monoisotopic (exact) mass is 354 g/mol. The normalized spacial score (nSPS) is 10.6. The van der Waals surface area contributed by atoms with Gasteiger partial charge in [0.05, 0.1) is 5.69 Å². The SMILES string of the molecule is CSc1ccc(NC(=O)OCc2[nH]c3ccccc3c(=O)c2C)cc1. The summed E-state index contributed by atoms with van der Waals surface area (Å²) in [6.45, 7) is 1.73. The Hall–Kier alpha value is -2.73. The fourth-order valence-electron chi connectivity index (χ4n) is 2.50. The molecular formula is C19H18N2O3S. The number of hydrogen-bond donors (Lipinski definition) is 2. The largest absolute Gasteiger partial charge is 0.443 e. The van der Waals surface area contributed by atoms with E-state index < -0.39 is 6.09 Å². The Morgan fingerprint density at radius 1 is 1.16 bits per heavy atom. The lowest BCUT2D eigenvalue weighted by atomic mass is 10.1. The zero-order valence-electron chi connectivity index (χ0n) is 14.0. The fraction of sp³-hybridized carbons (Fsp3) is 0.158. The number of fused-ring (bicyclic) bond motifs is 1. The summed E-state index contributed by atoms with van der Waals surface area (Å²) in [5.41, 5.74) is 2.48. The van der Waals surface area contributed by atoms with Crippen molar-refractivity contribution in [2.75, 3.05) is 11.6 Å². The van der Waals surface area contributed by atoms with Crippen molar-refractivity contribution in [2.24, 2.45) is 0 Å². The average Bonchev–Trinajstić information content (AvgIpc) is 2.64. The third-order valence-electron chi connectivity index (χ3n) is 3.93. The number of nitrogens with one attached hydrogen (secondary N) is 2. The third-order valence-corrected chi connectivity index (χ3v) is 4.68. The molecule has 0 fully saturated rings. The van der Waals surface area contributed by atoms with Gasteiger partial charge in [-0.3, -0.25) is 10.1 Å². The molecule has 0 aliphatic rings. The van der Waals surface area contributed by atoms with Crippen molar-refractivity contribution in [2.45, 2.75) is 18.4 Å². The second kappa shape index (κ2) is 7.44. The molecule has 5 nitrogen and oxygen atoms in total. The average molecular weight is 354 g/mol. The van der Waals surface area contributed by atoms with E-state index in [1.165, 1.54) is 0 Å². The van der Waals surface area contributed by atoms with Crippen LogP contribution in [0.3, 0.4) is 0 Å². The number of anilines is 1. The van der Waals surface area contributed by atoms with Crippen molar-refractivity contribution in [3.8, 4) is 0 Å². The van der Waals surface area contributed by atoms with Gasteiger partial charge in [0, 0.05) is 27.0 Å². The van der Waals surface area contributed by atoms with Crippen LogP contribution in [0.4, 0.5) is 10.5 Å². The Morgan fingerprint density at radius 2 is 1.88 bits per heavy atom. The molecule has 3 aromatic rings. The fourth-order valence-corrected chi connectivity index (χ4v) is 2.90. The summed E-state index contributed by atoms with van der Waals surface area (Å²) in [7, 11) is 0. The lowest BCUT2D eigenvalue weighted by molar-refractivity contribution is 0.153. The number of ether oxygens (including phenoxy) is 1. The molecule has 0 aliphatic carbocycles. The first-order valence-corrected chi connectivity index (χ1v) is 8.99. The van der Waals surface area contributed by atoms with Crippen LogP contribution in [0.5, 0.6) is 0 Å². The van der Waals surface area contributed by atoms with Crippen molar-refractivity contribution in [1.29, 1.82) is 0 Å². The van der Waals surface area contributed by atoms with Gasteiger partial charge in [-0.05, 0) is 49.6 Å². The molecule has 0 unspecified atom stereocenters. The highest BCUT2D eigenvalue weighted by Gasteiger charge is 2.10. The van der Waals surface area contributed by atoms with Gasteiger partial charge in [0.25, 0.3) is 0 Å². The van der Waals surface area contributed by atoms with E-state index in [2.05, 4.69) is 10.3 Å². The van der Waals surface area contributed by atoms with Crippen LogP contribution >= 0.6 is 11.8 Å². The minimum Gasteiger partial charge on any atom is -0.443 e. The maximum absolute atomic E-state index is 12.4. The lowest BCUT2D eigenvalue weighted by Crippen LogP contribution is -2.17. The molecule has 2 aromatic carbocycles. The van der Waals surface area contributed by atoms with E-state index in [-0.39, 0.29) is 12.0 Å². The molecule has 0 saturated heterocycles. The van der Waals surface area contributed by atoms with Gasteiger partial charge in [0.15, 0.2) is 5.43 Å². The van der Waals surface area contributed by atoms with Crippen LogP contribution in [-0.4, -0.2) is 17.3 Å². The van der Waals surface area contributed by atoms with E-state index in [0.717, 1.165) is 10.4 Å². The van der Waals surface area contributed by atoms with E-state index >= 15 is 0 Å². The molecule has 0 spiro atoms. The topological polar surface area (TPSA) is 71.2 Å². The Bertz CT molecular complexity index is 965. The number of carbonyl (C=O) groups is 1. The van der Waals surface area contributed by atoms with Crippen molar-refractivity contribution in [1.82, 2.24) is 4.98 Å². The van der Waals surface area contributed by atoms with E-state index in [1.54, 1.807) is 24.8 Å². The van der Waals surface area contributed by atoms with Gasteiger partial charge in [0.1, 0.15) is 6.61 Å². The van der Waals surface area contributed by atoms with Crippen LogP contribution in [0.15, 0.2) is 58.2 Å². The summed E-state index contributed by atoms with van der Waals surface area (Å²) in [6, 6.07) is 14.7. The van der Waals surface area contributed by atoms with E-state index in [9.17, 15) is 9.59 Å². The molecule has 25 heavy (non-hydrogen) atoms. The van der Waals surface area contributed by atoms with Gasteiger partial charge in [-0.25, -0.2) is 4.79 Å². The lowest BCUT2D eigenvalue weighted by Gasteiger charge is -2.10. The number of aromatic amines is 1. The molecule has 0 radical (unpaired) electrons. The number of H-pyrrole nitrogens is 1. The van der Waals surface area contributed by atoms with Gasteiger partial charge in [-0.2, -0.15) is 0 Å². The molecule has 1 aromatic heterocycles. The molecule has 128 valence electrons. The number of carbonyl (C=O) groups excluding carboxylic acids is 1. The minimum absolute atomic E-state index is 0.000631. The first-order valence-electron chi connectivity index (χ1n) is 7.77. The minimum atomic E-state index is -0.565. The molecule has 0 atom stereocenters. The summed E-state index contributed by atoms with van der Waals surface area (Å²) in [4.78, 5) is 28.6. The number of thioether (sulfide) groups is 1. The highest BCUT2D eigenvalue weighted by Crippen LogP contribution is 2.18. The van der Waals surface area contributed by atoms with Crippen LogP contribution in [0.2, 0.25) is 0 Å². The molecule has 3 rings (SSSR count). The quantitative estimate of drug-likeness (QED) is 0.685. The number of rotatable bonds is 4. The number of aromatic nitrogens is 1. The molecule has 0 saturated carbocycles. The summed E-state index contributed by atoms with van der Waals surface area (Å²) < 4.78 is 5.25.